The number of nitrogens with zero attached hydrogens (tertiary/aromatic N) is 2. The highest BCUT2D eigenvalue weighted by molar-refractivity contribution is 6.29. The molecule has 0 aliphatic heterocycles. The topological polar surface area (TPSA) is 29.9 Å². The zero-order chi connectivity index (χ0) is 10.1. The van der Waals surface area contributed by atoms with Crippen LogP contribution in [0.2, 0.25) is 5.15 Å². The Hall–Kier alpha value is -0.540. The monoisotopic (exact) mass is 201 g/mol. The Bertz CT molecular complexity index is 286. The van der Waals surface area contributed by atoms with E-state index in [0.29, 0.717) is 5.15 Å². The molecule has 0 aliphatic rings. The number of hydrogen-bond acceptors (Lipinski definition) is 2. The fraction of sp³-hybridized carbons (Fsp3) is 0.667. The van der Waals surface area contributed by atoms with Crippen molar-refractivity contribution in [1.29, 1.82) is 0 Å². The highest BCUT2D eigenvalue weighted by Gasteiger charge is 2.11. The summed E-state index contributed by atoms with van der Waals surface area (Å²) in [6.07, 6.45) is 1.67. The lowest BCUT2D eigenvalue weighted by Gasteiger charge is -2.20. The molecule has 0 saturated carbocycles. The Morgan fingerprint density at radius 3 is 2.54 bits per heavy atom. The zero-order valence-corrected chi connectivity index (χ0v) is 9.31. The molecule has 74 valence electrons. The van der Waals surface area contributed by atoms with Crippen molar-refractivity contribution in [2.75, 3.05) is 0 Å². The molecule has 0 atom stereocenters. The third-order valence-corrected chi connectivity index (χ3v) is 2.16. The van der Waals surface area contributed by atoms with Gasteiger partial charge in [0.2, 0.25) is 0 Å². The van der Waals surface area contributed by atoms with Crippen LogP contribution in [0.5, 0.6) is 0 Å². The van der Waals surface area contributed by atoms with Gasteiger partial charge in [-0.1, -0.05) is 11.6 Å². The minimum atomic E-state index is 0.110. The predicted molar refractivity (Wildman–Crippen MR) is 54.8 cm³/mol. The first kappa shape index (κ1) is 10.5. The minimum absolute atomic E-state index is 0.110. The van der Waals surface area contributed by atoms with Crippen molar-refractivity contribution in [1.82, 2.24) is 14.9 Å². The van der Waals surface area contributed by atoms with Crippen LogP contribution >= 0.6 is 11.6 Å². The van der Waals surface area contributed by atoms with E-state index in [1.165, 1.54) is 0 Å². The van der Waals surface area contributed by atoms with Crippen LogP contribution in [-0.2, 0) is 13.6 Å². The molecular weight excluding hydrogens is 186 g/mol. The van der Waals surface area contributed by atoms with Gasteiger partial charge in [-0.2, -0.15) is 0 Å². The number of nitrogens with one attached hydrogen (secondary N) is 1. The first-order chi connectivity index (χ1) is 5.90. The molecule has 0 radical (unpaired) electrons. The van der Waals surface area contributed by atoms with Crippen molar-refractivity contribution in [3.8, 4) is 0 Å². The minimum Gasteiger partial charge on any atom is -0.321 e. The van der Waals surface area contributed by atoms with Crippen molar-refractivity contribution in [3.05, 3.63) is 17.2 Å². The Labute approximate surface area is 84.1 Å². The molecule has 1 rings (SSSR count). The quantitative estimate of drug-likeness (QED) is 0.793. The van der Waals surface area contributed by atoms with Gasteiger partial charge in [0.15, 0.2) is 0 Å². The van der Waals surface area contributed by atoms with E-state index < -0.39 is 0 Å². The highest BCUT2D eigenvalue weighted by atomic mass is 35.5. The largest absolute Gasteiger partial charge is 0.321 e. The van der Waals surface area contributed by atoms with E-state index in [4.69, 9.17) is 11.6 Å². The van der Waals surface area contributed by atoms with Crippen LogP contribution in [0, 0.1) is 0 Å². The van der Waals surface area contributed by atoms with Crippen LogP contribution in [0.25, 0.3) is 0 Å². The molecule has 1 heterocycles. The molecule has 0 bridgehead atoms. The van der Waals surface area contributed by atoms with Crippen LogP contribution in [0.4, 0.5) is 0 Å². The summed E-state index contributed by atoms with van der Waals surface area (Å²) in [6.45, 7) is 7.11. The highest BCUT2D eigenvalue weighted by Crippen LogP contribution is 2.09. The Morgan fingerprint density at radius 1 is 1.54 bits per heavy atom. The molecule has 13 heavy (non-hydrogen) atoms. The molecule has 4 heteroatoms. The third-order valence-electron chi connectivity index (χ3n) is 1.80. The number of halogens is 1. The summed E-state index contributed by atoms with van der Waals surface area (Å²) in [4.78, 5) is 4.19. The van der Waals surface area contributed by atoms with E-state index in [0.717, 1.165) is 12.4 Å². The van der Waals surface area contributed by atoms with E-state index in [1.807, 2.05) is 11.6 Å². The fourth-order valence-corrected chi connectivity index (χ4v) is 1.08. The van der Waals surface area contributed by atoms with Crippen molar-refractivity contribution in [2.24, 2.45) is 7.05 Å². The maximum absolute atomic E-state index is 5.85. The van der Waals surface area contributed by atoms with Gasteiger partial charge in [0.05, 0.1) is 12.7 Å². The summed E-state index contributed by atoms with van der Waals surface area (Å²) in [5.74, 6) is 0.958. The van der Waals surface area contributed by atoms with Crippen molar-refractivity contribution >= 4 is 11.6 Å². The van der Waals surface area contributed by atoms with Crippen molar-refractivity contribution in [3.63, 3.8) is 0 Å². The van der Waals surface area contributed by atoms with Gasteiger partial charge >= 0.3 is 0 Å². The molecule has 0 aromatic carbocycles. The Morgan fingerprint density at radius 2 is 2.15 bits per heavy atom. The lowest BCUT2D eigenvalue weighted by Crippen LogP contribution is -2.35. The standard InChI is InChI=1S/C9H16ClN3/c1-9(2,3)12-6-8-11-5-7(10)13(8)4/h5,12H,6H2,1-4H3. The number of imidazole rings is 1. The SMILES string of the molecule is Cn1c(Cl)cnc1CNC(C)(C)C. The number of hydrogen-bond donors (Lipinski definition) is 1. The van der Waals surface area contributed by atoms with Gasteiger partial charge in [-0.3, -0.25) is 0 Å². The first-order valence-electron chi connectivity index (χ1n) is 4.31. The summed E-state index contributed by atoms with van der Waals surface area (Å²) < 4.78 is 1.88. The zero-order valence-electron chi connectivity index (χ0n) is 8.56. The third kappa shape index (κ3) is 3.01. The van der Waals surface area contributed by atoms with E-state index >= 15 is 0 Å². The lowest BCUT2D eigenvalue weighted by molar-refractivity contribution is 0.414. The van der Waals surface area contributed by atoms with Gasteiger partial charge in [0, 0.05) is 12.6 Å². The molecule has 0 fully saturated rings. The average Bonchev–Trinajstić information content (AvgIpc) is 2.29. The van der Waals surface area contributed by atoms with Gasteiger partial charge in [0.1, 0.15) is 11.0 Å². The van der Waals surface area contributed by atoms with Gasteiger partial charge in [-0.25, -0.2) is 4.98 Å². The second-order valence-electron chi connectivity index (χ2n) is 4.16. The molecule has 0 spiro atoms. The van der Waals surface area contributed by atoms with Crippen LogP contribution in [0.3, 0.4) is 0 Å². The molecular formula is C9H16ClN3. The maximum atomic E-state index is 5.85. The molecule has 0 amide bonds. The summed E-state index contributed by atoms with van der Waals surface area (Å²) in [5, 5.41) is 4.02. The molecule has 3 nitrogen and oxygen atoms in total. The molecule has 0 saturated heterocycles. The number of aromatic nitrogens is 2. The molecule has 0 aliphatic carbocycles. The fourth-order valence-electron chi connectivity index (χ4n) is 0.933. The summed E-state index contributed by atoms with van der Waals surface area (Å²) in [7, 11) is 1.91. The first-order valence-corrected chi connectivity index (χ1v) is 4.69. The van der Waals surface area contributed by atoms with E-state index in [1.54, 1.807) is 6.20 Å². The Balaban J connectivity index is 2.60. The summed E-state index contributed by atoms with van der Waals surface area (Å²) in [5.41, 5.74) is 0.110. The lowest BCUT2D eigenvalue weighted by atomic mass is 10.1. The second-order valence-corrected chi connectivity index (χ2v) is 4.55. The van der Waals surface area contributed by atoms with Gasteiger partial charge in [-0.05, 0) is 20.8 Å². The molecule has 1 aromatic rings. The summed E-state index contributed by atoms with van der Waals surface area (Å²) in [6, 6.07) is 0. The van der Waals surface area contributed by atoms with Crippen molar-refractivity contribution < 1.29 is 0 Å². The molecule has 1 N–H and O–H groups in total. The van der Waals surface area contributed by atoms with Crippen molar-refractivity contribution in [2.45, 2.75) is 32.9 Å². The van der Waals surface area contributed by atoms with Crippen LogP contribution in [-0.4, -0.2) is 15.1 Å². The van der Waals surface area contributed by atoms with Crippen LogP contribution in [0.15, 0.2) is 6.20 Å². The van der Waals surface area contributed by atoms with Gasteiger partial charge in [0.25, 0.3) is 0 Å². The predicted octanol–water partition coefficient (Wildman–Crippen LogP) is 1.96. The second kappa shape index (κ2) is 3.68. The van der Waals surface area contributed by atoms with Gasteiger partial charge in [-0.15, -0.1) is 0 Å². The average molecular weight is 202 g/mol. The number of rotatable bonds is 2. The maximum Gasteiger partial charge on any atom is 0.128 e. The smallest absolute Gasteiger partial charge is 0.128 e. The van der Waals surface area contributed by atoms with E-state index in [9.17, 15) is 0 Å². The molecule has 0 unspecified atom stereocenters. The molecule has 1 aromatic heterocycles. The van der Waals surface area contributed by atoms with Gasteiger partial charge < -0.3 is 9.88 Å². The normalized spacial score (nSPS) is 12.1. The van der Waals surface area contributed by atoms with E-state index in [2.05, 4.69) is 31.1 Å². The summed E-state index contributed by atoms with van der Waals surface area (Å²) >= 11 is 5.85. The van der Waals surface area contributed by atoms with Crippen LogP contribution < -0.4 is 5.32 Å². The van der Waals surface area contributed by atoms with E-state index in [-0.39, 0.29) is 5.54 Å². The van der Waals surface area contributed by atoms with Crippen LogP contribution in [0.1, 0.15) is 26.6 Å². The Kier molecular flexibility index (Phi) is 2.98.